The third-order valence-electron chi connectivity index (χ3n) is 3.35. The van der Waals surface area contributed by atoms with Gasteiger partial charge in [0.05, 0.1) is 6.04 Å². The van der Waals surface area contributed by atoms with Crippen LogP contribution < -0.4 is 0 Å². The second kappa shape index (κ2) is 4.15. The van der Waals surface area contributed by atoms with Gasteiger partial charge >= 0.3 is 0 Å². The standard InChI is InChI=1S/C13H17NO/c1-10(15)12-8-9-13(14(12)2)11-6-4-3-5-7-11/h3-7,12-13H,8-9H2,1-2H3. The molecule has 2 rings (SSSR count). The van der Waals surface area contributed by atoms with Gasteiger partial charge in [-0.05, 0) is 32.4 Å². The number of hydrogen-bond acceptors (Lipinski definition) is 2. The van der Waals surface area contributed by atoms with E-state index in [1.54, 1.807) is 6.92 Å². The number of likely N-dealkylation sites (N-methyl/N-ethyl adjacent to an activating group) is 1. The number of rotatable bonds is 2. The van der Waals surface area contributed by atoms with Crippen molar-refractivity contribution in [2.45, 2.75) is 31.8 Å². The number of carbonyl (C=O) groups excluding carboxylic acids is 1. The van der Waals surface area contributed by atoms with Gasteiger partial charge in [-0.3, -0.25) is 9.69 Å². The fourth-order valence-electron chi connectivity index (χ4n) is 2.51. The lowest BCUT2D eigenvalue weighted by atomic mass is 10.1. The summed E-state index contributed by atoms with van der Waals surface area (Å²) in [6.07, 6.45) is 2.08. The molecular formula is C13H17NO. The van der Waals surface area contributed by atoms with Crippen molar-refractivity contribution in [2.75, 3.05) is 7.05 Å². The first-order valence-electron chi connectivity index (χ1n) is 5.47. The van der Waals surface area contributed by atoms with Gasteiger partial charge in [0.1, 0.15) is 5.78 Å². The predicted molar refractivity (Wildman–Crippen MR) is 60.6 cm³/mol. The van der Waals surface area contributed by atoms with Gasteiger partial charge < -0.3 is 0 Å². The molecule has 1 aliphatic rings. The lowest BCUT2D eigenvalue weighted by molar-refractivity contribution is -0.121. The van der Waals surface area contributed by atoms with Gasteiger partial charge in [-0.15, -0.1) is 0 Å². The number of nitrogens with zero attached hydrogens (tertiary/aromatic N) is 1. The molecule has 1 aromatic rings. The Kier molecular flexibility index (Phi) is 2.87. The van der Waals surface area contributed by atoms with E-state index < -0.39 is 0 Å². The topological polar surface area (TPSA) is 20.3 Å². The molecule has 0 aromatic heterocycles. The van der Waals surface area contributed by atoms with E-state index in [1.165, 1.54) is 5.56 Å². The molecular weight excluding hydrogens is 186 g/mol. The maximum Gasteiger partial charge on any atom is 0.146 e. The van der Waals surface area contributed by atoms with Crippen molar-refractivity contribution in [3.8, 4) is 0 Å². The van der Waals surface area contributed by atoms with Crippen LogP contribution in [0.1, 0.15) is 31.4 Å². The molecule has 0 bridgehead atoms. The van der Waals surface area contributed by atoms with Crippen LogP contribution in [0.25, 0.3) is 0 Å². The molecule has 1 saturated heterocycles. The van der Waals surface area contributed by atoms with E-state index in [1.807, 2.05) is 6.07 Å². The van der Waals surface area contributed by atoms with Gasteiger partial charge in [0, 0.05) is 6.04 Å². The van der Waals surface area contributed by atoms with Crippen LogP contribution in [0.2, 0.25) is 0 Å². The molecule has 2 unspecified atom stereocenters. The Bertz CT molecular complexity index is 347. The van der Waals surface area contributed by atoms with Crippen molar-refractivity contribution < 1.29 is 4.79 Å². The molecule has 0 spiro atoms. The molecule has 80 valence electrons. The van der Waals surface area contributed by atoms with E-state index in [0.717, 1.165) is 12.8 Å². The van der Waals surface area contributed by atoms with E-state index in [9.17, 15) is 4.79 Å². The first-order valence-corrected chi connectivity index (χ1v) is 5.47. The molecule has 0 radical (unpaired) electrons. The summed E-state index contributed by atoms with van der Waals surface area (Å²) < 4.78 is 0. The van der Waals surface area contributed by atoms with E-state index >= 15 is 0 Å². The lowest BCUT2D eigenvalue weighted by Gasteiger charge is -2.24. The normalized spacial score (nSPS) is 26.8. The number of hydrogen-bond donors (Lipinski definition) is 0. The molecule has 2 heteroatoms. The fourth-order valence-corrected chi connectivity index (χ4v) is 2.51. The second-order valence-electron chi connectivity index (χ2n) is 4.30. The maximum atomic E-state index is 11.4. The summed E-state index contributed by atoms with van der Waals surface area (Å²) >= 11 is 0. The number of benzene rings is 1. The summed E-state index contributed by atoms with van der Waals surface area (Å²) in [6.45, 7) is 1.69. The number of Topliss-reactive ketones (excluding diaryl/α,β-unsaturated/α-hetero) is 1. The Balaban J connectivity index is 2.17. The summed E-state index contributed by atoms with van der Waals surface area (Å²) in [4.78, 5) is 13.6. The zero-order valence-electron chi connectivity index (χ0n) is 9.31. The Hall–Kier alpha value is -1.15. The van der Waals surface area contributed by atoms with Crippen molar-refractivity contribution in [3.63, 3.8) is 0 Å². The van der Waals surface area contributed by atoms with Gasteiger partial charge in [0.2, 0.25) is 0 Å². The monoisotopic (exact) mass is 203 g/mol. The molecule has 2 nitrogen and oxygen atoms in total. The van der Waals surface area contributed by atoms with E-state index in [4.69, 9.17) is 0 Å². The highest BCUT2D eigenvalue weighted by Gasteiger charge is 2.33. The molecule has 0 saturated carbocycles. The molecule has 2 atom stereocenters. The van der Waals surface area contributed by atoms with Gasteiger partial charge in [-0.25, -0.2) is 0 Å². The smallest absolute Gasteiger partial charge is 0.146 e. The number of ketones is 1. The van der Waals surface area contributed by atoms with Crippen molar-refractivity contribution >= 4 is 5.78 Å². The molecule has 1 heterocycles. The predicted octanol–water partition coefficient (Wildman–Crippen LogP) is 2.41. The second-order valence-corrected chi connectivity index (χ2v) is 4.30. The van der Waals surface area contributed by atoms with Crippen molar-refractivity contribution in [1.29, 1.82) is 0 Å². The first-order chi connectivity index (χ1) is 7.20. The minimum atomic E-state index is 0.121. The Labute approximate surface area is 90.9 Å². The van der Waals surface area contributed by atoms with Crippen LogP contribution in [0.3, 0.4) is 0 Å². The molecule has 1 fully saturated rings. The van der Waals surface area contributed by atoms with E-state index in [2.05, 4.69) is 36.2 Å². The van der Waals surface area contributed by atoms with Gasteiger partial charge in [-0.1, -0.05) is 30.3 Å². The molecule has 0 amide bonds. The number of likely N-dealkylation sites (tertiary alicyclic amines) is 1. The molecule has 0 N–H and O–H groups in total. The Morgan fingerprint density at radius 3 is 2.47 bits per heavy atom. The van der Waals surface area contributed by atoms with Crippen molar-refractivity contribution in [1.82, 2.24) is 4.90 Å². The summed E-state index contributed by atoms with van der Waals surface area (Å²) in [6, 6.07) is 11.0. The first kappa shape index (κ1) is 10.4. The lowest BCUT2D eigenvalue weighted by Crippen LogP contribution is -2.32. The minimum Gasteiger partial charge on any atom is -0.298 e. The molecule has 15 heavy (non-hydrogen) atoms. The van der Waals surface area contributed by atoms with Crippen LogP contribution >= 0.6 is 0 Å². The van der Waals surface area contributed by atoms with Crippen LogP contribution in [0.5, 0.6) is 0 Å². The van der Waals surface area contributed by atoms with Crippen LogP contribution in [-0.4, -0.2) is 23.8 Å². The summed E-state index contributed by atoms with van der Waals surface area (Å²) in [5.41, 5.74) is 1.32. The van der Waals surface area contributed by atoms with Crippen molar-refractivity contribution in [2.24, 2.45) is 0 Å². The zero-order chi connectivity index (χ0) is 10.8. The van der Waals surface area contributed by atoms with Crippen LogP contribution in [0, 0.1) is 0 Å². The van der Waals surface area contributed by atoms with Crippen LogP contribution in [0.15, 0.2) is 30.3 Å². The van der Waals surface area contributed by atoms with Crippen molar-refractivity contribution in [3.05, 3.63) is 35.9 Å². The Morgan fingerprint density at radius 1 is 1.27 bits per heavy atom. The highest BCUT2D eigenvalue weighted by Crippen LogP contribution is 2.34. The van der Waals surface area contributed by atoms with Gasteiger partial charge in [0.15, 0.2) is 0 Å². The summed E-state index contributed by atoms with van der Waals surface area (Å²) in [5.74, 6) is 0.288. The SMILES string of the molecule is CC(=O)C1CCC(c2ccccc2)N1C. The van der Waals surface area contributed by atoms with E-state index in [-0.39, 0.29) is 11.8 Å². The molecule has 0 aliphatic carbocycles. The van der Waals surface area contributed by atoms with E-state index in [0.29, 0.717) is 6.04 Å². The van der Waals surface area contributed by atoms with Gasteiger partial charge in [-0.2, -0.15) is 0 Å². The molecule has 1 aliphatic heterocycles. The average molecular weight is 203 g/mol. The summed E-state index contributed by atoms with van der Waals surface area (Å²) in [7, 11) is 2.05. The minimum absolute atomic E-state index is 0.121. The highest BCUT2D eigenvalue weighted by atomic mass is 16.1. The number of carbonyl (C=O) groups is 1. The highest BCUT2D eigenvalue weighted by molar-refractivity contribution is 5.81. The third kappa shape index (κ3) is 1.95. The quantitative estimate of drug-likeness (QED) is 0.735. The maximum absolute atomic E-state index is 11.4. The fraction of sp³-hybridized carbons (Fsp3) is 0.462. The zero-order valence-corrected chi connectivity index (χ0v) is 9.31. The molecule has 1 aromatic carbocycles. The van der Waals surface area contributed by atoms with Crippen LogP contribution in [0.4, 0.5) is 0 Å². The third-order valence-corrected chi connectivity index (χ3v) is 3.35. The average Bonchev–Trinajstić information content (AvgIpc) is 2.61. The van der Waals surface area contributed by atoms with Gasteiger partial charge in [0.25, 0.3) is 0 Å². The Morgan fingerprint density at radius 2 is 1.93 bits per heavy atom. The summed E-state index contributed by atoms with van der Waals surface area (Å²) in [5, 5.41) is 0. The van der Waals surface area contributed by atoms with Crippen LogP contribution in [-0.2, 0) is 4.79 Å². The largest absolute Gasteiger partial charge is 0.298 e.